The second-order valence-electron chi connectivity index (χ2n) is 5.02. The normalized spacial score (nSPS) is 11.3. The molecule has 0 saturated carbocycles. The van der Waals surface area contributed by atoms with Gasteiger partial charge < -0.3 is 0 Å². The zero-order valence-electron chi connectivity index (χ0n) is 10.9. The van der Waals surface area contributed by atoms with Gasteiger partial charge in [0.1, 0.15) is 0 Å². The molecule has 3 nitrogen and oxygen atoms in total. The quantitative estimate of drug-likeness (QED) is 0.350. The van der Waals surface area contributed by atoms with E-state index >= 15 is 0 Å². The molecule has 0 heterocycles. The lowest BCUT2D eigenvalue weighted by Gasteiger charge is -2.16. The topological polar surface area (TPSA) is 35.5 Å². The fourth-order valence-corrected chi connectivity index (χ4v) is 2.50. The van der Waals surface area contributed by atoms with E-state index in [1.165, 1.54) is 5.19 Å². The molecule has 0 radical (unpaired) electrons. The summed E-state index contributed by atoms with van der Waals surface area (Å²) < 4.78 is 0. The van der Waals surface area contributed by atoms with Crippen molar-refractivity contribution >= 4 is 19.2 Å². The molecule has 0 aliphatic rings. The Bertz CT molecular complexity index is 365. The van der Waals surface area contributed by atoms with Crippen LogP contribution in [0.25, 0.3) is 0 Å². The van der Waals surface area contributed by atoms with Gasteiger partial charge in [-0.15, -0.1) is 0 Å². The smallest absolute Gasteiger partial charge is 0.293 e. The minimum atomic E-state index is -1.31. The summed E-state index contributed by atoms with van der Waals surface area (Å²) in [5.41, 5.74) is 0.531. The van der Waals surface area contributed by atoms with Gasteiger partial charge in [-0.25, -0.2) is 4.79 Å². The lowest BCUT2D eigenvalue weighted by molar-refractivity contribution is -0.240. The predicted octanol–water partition coefficient (Wildman–Crippen LogP) is 2.73. The van der Waals surface area contributed by atoms with Gasteiger partial charge in [-0.2, -0.15) is 4.89 Å². The molecule has 17 heavy (non-hydrogen) atoms. The minimum Gasteiger partial charge on any atom is -0.293 e. The minimum absolute atomic E-state index is 0.429. The van der Waals surface area contributed by atoms with Crippen molar-refractivity contribution in [3.05, 3.63) is 29.8 Å². The highest BCUT2D eigenvalue weighted by Crippen LogP contribution is 2.06. The third-order valence-electron chi connectivity index (χ3n) is 2.41. The van der Waals surface area contributed by atoms with Gasteiger partial charge in [0, 0.05) is 0 Å². The number of carbonyl (C=O) groups is 1. The number of rotatable bonds is 5. The summed E-state index contributed by atoms with van der Waals surface area (Å²) in [6.45, 7) is 9.19. The average molecular weight is 252 g/mol. The Hall–Kier alpha value is -1.13. The van der Waals surface area contributed by atoms with E-state index in [2.05, 4.69) is 24.5 Å². The molecular formula is C13H20O3Si. The Morgan fingerprint density at radius 3 is 2.24 bits per heavy atom. The summed E-state index contributed by atoms with van der Waals surface area (Å²) in [6, 6.07) is 7.60. The summed E-state index contributed by atoms with van der Waals surface area (Å²) in [5.74, 6) is -0.430. The van der Waals surface area contributed by atoms with E-state index in [4.69, 9.17) is 4.89 Å². The van der Waals surface area contributed by atoms with Crippen molar-refractivity contribution in [2.75, 3.05) is 6.61 Å². The zero-order valence-corrected chi connectivity index (χ0v) is 11.9. The van der Waals surface area contributed by atoms with Gasteiger partial charge in [0.25, 0.3) is 0 Å². The van der Waals surface area contributed by atoms with Gasteiger partial charge in [-0.1, -0.05) is 43.9 Å². The van der Waals surface area contributed by atoms with Crippen LogP contribution in [0.4, 0.5) is 0 Å². The first kappa shape index (κ1) is 13.9. The summed E-state index contributed by atoms with van der Waals surface area (Å²) in [6.07, 6.45) is 0.821. The van der Waals surface area contributed by atoms with Crippen LogP contribution < -0.4 is 5.19 Å². The lowest BCUT2D eigenvalue weighted by Crippen LogP contribution is -2.37. The van der Waals surface area contributed by atoms with E-state index in [9.17, 15) is 4.79 Å². The zero-order chi connectivity index (χ0) is 12.9. The maximum absolute atomic E-state index is 11.5. The van der Waals surface area contributed by atoms with Crippen LogP contribution in [0.3, 0.4) is 0 Å². The summed E-state index contributed by atoms with van der Waals surface area (Å²) in [4.78, 5) is 21.0. The maximum atomic E-state index is 11.5. The van der Waals surface area contributed by atoms with E-state index in [1.54, 1.807) is 12.1 Å². The third-order valence-corrected chi connectivity index (χ3v) is 4.47. The summed E-state index contributed by atoms with van der Waals surface area (Å²) in [5, 5.41) is 1.32. The van der Waals surface area contributed by atoms with Crippen molar-refractivity contribution in [1.82, 2.24) is 0 Å². The first-order valence-corrected chi connectivity index (χ1v) is 9.39. The Kier molecular flexibility index (Phi) is 4.90. The number of benzene rings is 1. The van der Waals surface area contributed by atoms with Crippen LogP contribution >= 0.6 is 0 Å². The highest BCUT2D eigenvalue weighted by atomic mass is 28.3. The third kappa shape index (κ3) is 4.32. The van der Waals surface area contributed by atoms with Crippen LogP contribution in [-0.2, 0) is 9.78 Å². The molecule has 1 aromatic carbocycles. The van der Waals surface area contributed by atoms with Crippen molar-refractivity contribution in [3.63, 3.8) is 0 Å². The fraction of sp³-hybridized carbons (Fsp3) is 0.462. The Balaban J connectivity index is 2.64. The highest BCUT2D eigenvalue weighted by molar-refractivity contribution is 6.88. The molecule has 0 fully saturated rings. The van der Waals surface area contributed by atoms with Crippen molar-refractivity contribution in [3.8, 4) is 0 Å². The molecule has 0 aliphatic carbocycles. The average Bonchev–Trinajstić information content (AvgIpc) is 2.28. The molecule has 0 aliphatic heterocycles. The molecule has 1 rings (SSSR count). The first-order valence-electron chi connectivity index (χ1n) is 5.89. The summed E-state index contributed by atoms with van der Waals surface area (Å²) in [7, 11) is -1.31. The van der Waals surface area contributed by atoms with E-state index in [1.807, 2.05) is 19.1 Å². The van der Waals surface area contributed by atoms with Crippen LogP contribution in [0.1, 0.15) is 23.7 Å². The first-order chi connectivity index (χ1) is 7.95. The molecule has 0 aromatic heterocycles. The summed E-state index contributed by atoms with van der Waals surface area (Å²) >= 11 is 0. The van der Waals surface area contributed by atoms with Gasteiger partial charge in [0.15, 0.2) is 0 Å². The molecule has 1 aromatic rings. The van der Waals surface area contributed by atoms with Crippen molar-refractivity contribution in [2.45, 2.75) is 33.0 Å². The van der Waals surface area contributed by atoms with E-state index in [0.717, 1.165) is 6.42 Å². The van der Waals surface area contributed by atoms with Crippen LogP contribution in [0, 0.1) is 0 Å². The molecule has 4 heteroatoms. The Labute approximate surface area is 104 Å². The monoisotopic (exact) mass is 252 g/mol. The SMILES string of the molecule is CCCOOC(=O)c1ccc([Si](C)(C)C)cc1. The molecule has 94 valence electrons. The molecule has 0 N–H and O–H groups in total. The molecular weight excluding hydrogens is 232 g/mol. The Morgan fingerprint density at radius 1 is 1.18 bits per heavy atom. The van der Waals surface area contributed by atoms with Crippen LogP contribution in [0.5, 0.6) is 0 Å². The van der Waals surface area contributed by atoms with Crippen molar-refractivity contribution in [2.24, 2.45) is 0 Å². The molecule has 0 unspecified atom stereocenters. The molecule has 0 amide bonds. The van der Waals surface area contributed by atoms with Gasteiger partial charge >= 0.3 is 5.97 Å². The Morgan fingerprint density at radius 2 is 1.76 bits per heavy atom. The molecule has 0 saturated heterocycles. The van der Waals surface area contributed by atoms with Gasteiger partial charge in [0.05, 0.1) is 20.2 Å². The van der Waals surface area contributed by atoms with E-state index < -0.39 is 14.0 Å². The largest absolute Gasteiger partial charge is 0.373 e. The fourth-order valence-electron chi connectivity index (χ4n) is 1.33. The number of hydrogen-bond donors (Lipinski definition) is 0. The lowest BCUT2D eigenvalue weighted by atomic mass is 10.2. The standard InChI is InChI=1S/C13H20O3Si/c1-5-10-15-16-13(14)11-6-8-12(9-7-11)17(2,3)4/h6-9H,5,10H2,1-4H3. The van der Waals surface area contributed by atoms with Gasteiger partial charge in [0.2, 0.25) is 0 Å². The van der Waals surface area contributed by atoms with Crippen LogP contribution in [-0.4, -0.2) is 20.7 Å². The highest BCUT2D eigenvalue weighted by Gasteiger charge is 2.17. The maximum Gasteiger partial charge on any atom is 0.373 e. The second-order valence-corrected chi connectivity index (χ2v) is 10.1. The predicted molar refractivity (Wildman–Crippen MR) is 71.1 cm³/mol. The van der Waals surface area contributed by atoms with Gasteiger partial charge in [-0.05, 0) is 18.6 Å². The van der Waals surface area contributed by atoms with Crippen molar-refractivity contribution in [1.29, 1.82) is 0 Å². The second kappa shape index (κ2) is 5.98. The molecule has 0 atom stereocenters. The van der Waals surface area contributed by atoms with E-state index in [-0.39, 0.29) is 0 Å². The molecule has 0 bridgehead atoms. The van der Waals surface area contributed by atoms with Gasteiger partial charge in [-0.3, -0.25) is 4.89 Å². The van der Waals surface area contributed by atoms with Crippen molar-refractivity contribution < 1.29 is 14.6 Å². The van der Waals surface area contributed by atoms with Crippen LogP contribution in [0.15, 0.2) is 24.3 Å². The number of carbonyl (C=O) groups excluding carboxylic acids is 1. The van der Waals surface area contributed by atoms with Crippen LogP contribution in [0.2, 0.25) is 19.6 Å². The van der Waals surface area contributed by atoms with E-state index in [0.29, 0.717) is 12.2 Å². The molecule has 0 spiro atoms. The number of hydrogen-bond acceptors (Lipinski definition) is 3.